The second-order valence-electron chi connectivity index (χ2n) is 4.06. The number of nitrogens with two attached hydrogens (primary N) is 1. The van der Waals surface area contributed by atoms with E-state index in [1.807, 2.05) is 0 Å². The van der Waals surface area contributed by atoms with Crippen LogP contribution in [0.1, 0.15) is 24.9 Å². The van der Waals surface area contributed by atoms with Crippen molar-refractivity contribution in [1.82, 2.24) is 4.90 Å². The lowest BCUT2D eigenvalue weighted by atomic mass is 10.0. The third-order valence-corrected chi connectivity index (χ3v) is 2.82. The number of rotatable bonds is 7. The second kappa shape index (κ2) is 7.37. The molecule has 0 spiro atoms. The Hall–Kier alpha value is -0.970. The van der Waals surface area contributed by atoms with E-state index in [2.05, 4.69) is 11.8 Å². The van der Waals surface area contributed by atoms with E-state index in [0.717, 1.165) is 18.5 Å². The van der Waals surface area contributed by atoms with Crippen LogP contribution in [0, 0.1) is 5.82 Å². The van der Waals surface area contributed by atoms with Crippen LogP contribution in [0.3, 0.4) is 0 Å². The van der Waals surface area contributed by atoms with E-state index in [-0.39, 0.29) is 18.5 Å². The molecule has 0 radical (unpaired) electrons. The minimum atomic E-state index is -0.242. The lowest BCUT2D eigenvalue weighted by Crippen LogP contribution is -2.36. The lowest BCUT2D eigenvalue weighted by Gasteiger charge is -2.30. The third-order valence-electron chi connectivity index (χ3n) is 2.82. The molecule has 0 amide bonds. The van der Waals surface area contributed by atoms with Crippen molar-refractivity contribution in [2.24, 2.45) is 5.73 Å². The maximum absolute atomic E-state index is 12.9. The van der Waals surface area contributed by atoms with Crippen molar-refractivity contribution >= 4 is 0 Å². The molecule has 17 heavy (non-hydrogen) atoms. The number of aliphatic hydroxyl groups excluding tert-OH is 1. The summed E-state index contributed by atoms with van der Waals surface area (Å²) in [6, 6.07) is 6.45. The zero-order valence-corrected chi connectivity index (χ0v) is 10.3. The fraction of sp³-hybridized carbons (Fsp3) is 0.538. The molecule has 3 nitrogen and oxygen atoms in total. The normalized spacial score (nSPS) is 13.0. The maximum Gasteiger partial charge on any atom is 0.123 e. The van der Waals surface area contributed by atoms with Gasteiger partial charge in [0.1, 0.15) is 5.82 Å². The van der Waals surface area contributed by atoms with Crippen LogP contribution in [0.15, 0.2) is 24.3 Å². The Kier molecular flexibility index (Phi) is 6.11. The first kappa shape index (κ1) is 14.1. The van der Waals surface area contributed by atoms with Gasteiger partial charge in [0.15, 0.2) is 0 Å². The number of nitrogens with zero attached hydrogens (tertiary/aromatic N) is 1. The molecular formula is C13H21FN2O. The first-order chi connectivity index (χ1) is 8.22. The van der Waals surface area contributed by atoms with E-state index >= 15 is 0 Å². The molecule has 1 aromatic rings. The first-order valence-electron chi connectivity index (χ1n) is 6.03. The molecule has 0 bridgehead atoms. The van der Waals surface area contributed by atoms with Gasteiger partial charge in [-0.2, -0.15) is 0 Å². The molecule has 1 unspecified atom stereocenters. The molecule has 0 aliphatic rings. The van der Waals surface area contributed by atoms with Crippen LogP contribution in [0.25, 0.3) is 0 Å². The summed E-state index contributed by atoms with van der Waals surface area (Å²) in [6.07, 6.45) is 0.998. The van der Waals surface area contributed by atoms with Crippen LogP contribution in [-0.2, 0) is 0 Å². The van der Waals surface area contributed by atoms with E-state index in [1.54, 1.807) is 12.1 Å². The molecule has 0 saturated carbocycles. The molecule has 0 aliphatic carbocycles. The van der Waals surface area contributed by atoms with Crippen LogP contribution >= 0.6 is 0 Å². The highest BCUT2D eigenvalue weighted by Gasteiger charge is 2.17. The highest BCUT2D eigenvalue weighted by atomic mass is 19.1. The lowest BCUT2D eigenvalue weighted by molar-refractivity contribution is 0.153. The Balaban J connectivity index is 2.83. The summed E-state index contributed by atoms with van der Waals surface area (Å²) >= 11 is 0. The monoisotopic (exact) mass is 240 g/mol. The van der Waals surface area contributed by atoms with E-state index in [0.29, 0.717) is 13.1 Å². The molecule has 1 atom stereocenters. The van der Waals surface area contributed by atoms with Gasteiger partial charge < -0.3 is 10.8 Å². The molecular weight excluding hydrogens is 219 g/mol. The number of benzene rings is 1. The van der Waals surface area contributed by atoms with Gasteiger partial charge >= 0.3 is 0 Å². The summed E-state index contributed by atoms with van der Waals surface area (Å²) in [7, 11) is 0. The summed E-state index contributed by atoms with van der Waals surface area (Å²) in [4.78, 5) is 2.13. The van der Waals surface area contributed by atoms with Gasteiger partial charge in [0.05, 0.1) is 6.61 Å². The second-order valence-corrected chi connectivity index (χ2v) is 4.06. The zero-order chi connectivity index (χ0) is 12.7. The largest absolute Gasteiger partial charge is 0.395 e. The topological polar surface area (TPSA) is 49.5 Å². The highest BCUT2D eigenvalue weighted by molar-refractivity contribution is 5.20. The summed E-state index contributed by atoms with van der Waals surface area (Å²) in [5.74, 6) is -0.242. The van der Waals surface area contributed by atoms with Gasteiger partial charge in [-0.15, -0.1) is 0 Å². The fourth-order valence-electron chi connectivity index (χ4n) is 2.02. The Morgan fingerprint density at radius 2 is 1.94 bits per heavy atom. The Labute approximate surface area is 102 Å². The molecule has 0 aromatic heterocycles. The van der Waals surface area contributed by atoms with Gasteiger partial charge in [0.2, 0.25) is 0 Å². The van der Waals surface area contributed by atoms with E-state index in [4.69, 9.17) is 10.8 Å². The van der Waals surface area contributed by atoms with Crippen molar-refractivity contribution in [3.63, 3.8) is 0 Å². The fourth-order valence-corrected chi connectivity index (χ4v) is 2.02. The van der Waals surface area contributed by atoms with Gasteiger partial charge in [-0.05, 0) is 30.7 Å². The summed E-state index contributed by atoms with van der Waals surface area (Å²) in [5, 5.41) is 9.06. The molecule has 3 N–H and O–H groups in total. The van der Waals surface area contributed by atoms with Crippen molar-refractivity contribution in [3.8, 4) is 0 Å². The third kappa shape index (κ3) is 4.07. The first-order valence-corrected chi connectivity index (χ1v) is 6.03. The number of aliphatic hydroxyl groups is 1. The van der Waals surface area contributed by atoms with Gasteiger partial charge in [-0.1, -0.05) is 19.1 Å². The molecule has 96 valence electrons. The van der Waals surface area contributed by atoms with Crippen molar-refractivity contribution in [1.29, 1.82) is 0 Å². The minimum Gasteiger partial charge on any atom is -0.395 e. The molecule has 0 fully saturated rings. The number of halogens is 1. The van der Waals surface area contributed by atoms with Gasteiger partial charge in [0.25, 0.3) is 0 Å². The predicted octanol–water partition coefficient (Wildman–Crippen LogP) is 1.53. The van der Waals surface area contributed by atoms with Crippen molar-refractivity contribution in [2.75, 3.05) is 26.2 Å². The molecule has 0 heterocycles. The number of hydrogen-bond donors (Lipinski definition) is 2. The molecule has 1 aromatic carbocycles. The van der Waals surface area contributed by atoms with Crippen LogP contribution in [0.2, 0.25) is 0 Å². The van der Waals surface area contributed by atoms with E-state index in [9.17, 15) is 4.39 Å². The van der Waals surface area contributed by atoms with Crippen LogP contribution in [0.5, 0.6) is 0 Å². The number of hydrogen-bond acceptors (Lipinski definition) is 3. The Morgan fingerprint density at radius 1 is 1.29 bits per heavy atom. The SMILES string of the molecule is CCCN(CCO)C(CN)c1ccc(F)cc1. The smallest absolute Gasteiger partial charge is 0.123 e. The minimum absolute atomic E-state index is 0.0442. The Bertz CT molecular complexity index is 310. The molecule has 0 aliphatic heterocycles. The predicted molar refractivity (Wildman–Crippen MR) is 67.1 cm³/mol. The maximum atomic E-state index is 12.9. The average molecular weight is 240 g/mol. The van der Waals surface area contributed by atoms with Crippen molar-refractivity contribution < 1.29 is 9.50 Å². The Morgan fingerprint density at radius 3 is 2.41 bits per heavy atom. The molecule has 4 heteroatoms. The van der Waals surface area contributed by atoms with E-state index in [1.165, 1.54) is 12.1 Å². The summed E-state index contributed by atoms with van der Waals surface area (Å²) in [6.45, 7) is 4.12. The van der Waals surface area contributed by atoms with Crippen molar-refractivity contribution in [3.05, 3.63) is 35.6 Å². The zero-order valence-electron chi connectivity index (χ0n) is 10.3. The van der Waals surface area contributed by atoms with Crippen LogP contribution < -0.4 is 5.73 Å². The van der Waals surface area contributed by atoms with Gasteiger partial charge in [0, 0.05) is 19.1 Å². The molecule has 0 saturated heterocycles. The van der Waals surface area contributed by atoms with E-state index < -0.39 is 0 Å². The average Bonchev–Trinajstić information content (AvgIpc) is 2.33. The highest BCUT2D eigenvalue weighted by Crippen LogP contribution is 2.20. The quantitative estimate of drug-likeness (QED) is 0.760. The van der Waals surface area contributed by atoms with Crippen LogP contribution in [0.4, 0.5) is 4.39 Å². The summed E-state index contributed by atoms with van der Waals surface area (Å²) < 4.78 is 12.9. The van der Waals surface area contributed by atoms with Gasteiger partial charge in [-0.3, -0.25) is 4.90 Å². The molecule has 1 rings (SSSR count). The standard InChI is InChI=1S/C13H21FN2O/c1-2-7-16(8-9-17)13(10-15)11-3-5-12(14)6-4-11/h3-6,13,17H,2,7-10,15H2,1H3. The van der Waals surface area contributed by atoms with Crippen molar-refractivity contribution in [2.45, 2.75) is 19.4 Å². The summed E-state index contributed by atoms with van der Waals surface area (Å²) in [5.41, 5.74) is 6.78. The van der Waals surface area contributed by atoms with Gasteiger partial charge in [-0.25, -0.2) is 4.39 Å². The van der Waals surface area contributed by atoms with Crippen LogP contribution in [-0.4, -0.2) is 36.2 Å².